The molecular formula is C16H14ClN3O2. The zero-order valence-electron chi connectivity index (χ0n) is 11.7. The first-order valence-electron chi connectivity index (χ1n) is 6.91. The van der Waals surface area contributed by atoms with Crippen LogP contribution in [0.2, 0.25) is 5.02 Å². The van der Waals surface area contributed by atoms with Crippen molar-refractivity contribution >= 4 is 34.8 Å². The van der Waals surface area contributed by atoms with E-state index in [1.165, 1.54) is 0 Å². The largest absolute Gasteiger partial charge is 0.324 e. The molecule has 0 bridgehead atoms. The molecule has 1 aromatic carbocycles. The Balaban J connectivity index is 1.72. The van der Waals surface area contributed by atoms with Gasteiger partial charge in [-0.25, -0.2) is 0 Å². The van der Waals surface area contributed by atoms with Crippen LogP contribution in [0.25, 0.3) is 0 Å². The second-order valence-corrected chi connectivity index (χ2v) is 5.49. The van der Waals surface area contributed by atoms with Crippen molar-refractivity contribution in [1.82, 2.24) is 4.98 Å². The molecule has 1 fully saturated rings. The molecule has 3 rings (SSSR count). The summed E-state index contributed by atoms with van der Waals surface area (Å²) in [6.45, 7) is 0.328. The summed E-state index contributed by atoms with van der Waals surface area (Å²) < 4.78 is 0. The summed E-state index contributed by atoms with van der Waals surface area (Å²) in [4.78, 5) is 29.9. The molecule has 22 heavy (non-hydrogen) atoms. The summed E-state index contributed by atoms with van der Waals surface area (Å²) in [5.41, 5.74) is 1.27. The van der Waals surface area contributed by atoms with Crippen molar-refractivity contribution in [3.63, 3.8) is 0 Å². The number of amides is 2. The minimum Gasteiger partial charge on any atom is -0.324 e. The maximum absolute atomic E-state index is 12.3. The lowest BCUT2D eigenvalue weighted by atomic mass is 10.1. The Kier molecular flexibility index (Phi) is 4.06. The van der Waals surface area contributed by atoms with Gasteiger partial charge >= 0.3 is 0 Å². The van der Waals surface area contributed by atoms with Gasteiger partial charge in [0.15, 0.2) is 0 Å². The van der Waals surface area contributed by atoms with E-state index in [1.54, 1.807) is 47.6 Å². The van der Waals surface area contributed by atoms with Gasteiger partial charge in [0, 0.05) is 19.2 Å². The van der Waals surface area contributed by atoms with E-state index in [0.717, 1.165) is 0 Å². The zero-order valence-corrected chi connectivity index (χ0v) is 12.5. The molecule has 0 saturated carbocycles. The molecule has 2 amide bonds. The zero-order chi connectivity index (χ0) is 15.5. The van der Waals surface area contributed by atoms with E-state index in [-0.39, 0.29) is 18.2 Å². The van der Waals surface area contributed by atoms with Gasteiger partial charge in [0.25, 0.3) is 0 Å². The number of benzene rings is 1. The SMILES string of the molecule is O=C(Nc1cccnc1)C1CC(=O)N(c2ccccc2Cl)C1. The van der Waals surface area contributed by atoms with Crippen molar-refractivity contribution in [1.29, 1.82) is 0 Å². The molecule has 1 atom stereocenters. The number of pyridine rings is 1. The molecule has 1 aliphatic heterocycles. The molecule has 1 aromatic heterocycles. The van der Waals surface area contributed by atoms with Crippen LogP contribution in [0.1, 0.15) is 6.42 Å². The summed E-state index contributed by atoms with van der Waals surface area (Å²) >= 11 is 6.12. The van der Waals surface area contributed by atoms with E-state index in [2.05, 4.69) is 10.3 Å². The van der Waals surface area contributed by atoms with Gasteiger partial charge in [-0.3, -0.25) is 14.6 Å². The van der Waals surface area contributed by atoms with E-state index in [0.29, 0.717) is 22.9 Å². The number of hydrogen-bond donors (Lipinski definition) is 1. The molecule has 1 aliphatic rings. The molecule has 1 unspecified atom stereocenters. The molecule has 112 valence electrons. The van der Waals surface area contributed by atoms with E-state index in [1.807, 2.05) is 6.07 Å². The minimum atomic E-state index is -0.399. The number of aromatic nitrogens is 1. The Morgan fingerprint density at radius 1 is 1.27 bits per heavy atom. The summed E-state index contributed by atoms with van der Waals surface area (Å²) in [6.07, 6.45) is 3.38. The number of para-hydroxylation sites is 1. The molecule has 1 saturated heterocycles. The highest BCUT2D eigenvalue weighted by molar-refractivity contribution is 6.33. The second kappa shape index (κ2) is 6.15. The van der Waals surface area contributed by atoms with Gasteiger partial charge in [-0.1, -0.05) is 23.7 Å². The fourth-order valence-electron chi connectivity index (χ4n) is 2.47. The predicted molar refractivity (Wildman–Crippen MR) is 84.8 cm³/mol. The maximum Gasteiger partial charge on any atom is 0.229 e. The van der Waals surface area contributed by atoms with Crippen molar-refractivity contribution in [2.75, 3.05) is 16.8 Å². The van der Waals surface area contributed by atoms with E-state index in [4.69, 9.17) is 11.6 Å². The molecule has 2 heterocycles. The molecule has 1 N–H and O–H groups in total. The lowest BCUT2D eigenvalue weighted by molar-refractivity contribution is -0.122. The van der Waals surface area contributed by atoms with Gasteiger partial charge < -0.3 is 10.2 Å². The third kappa shape index (κ3) is 2.94. The van der Waals surface area contributed by atoms with Crippen LogP contribution in [-0.4, -0.2) is 23.3 Å². The molecule has 0 spiro atoms. The Bertz CT molecular complexity index is 706. The average Bonchev–Trinajstić information content (AvgIpc) is 2.91. The first kappa shape index (κ1) is 14.5. The fourth-order valence-corrected chi connectivity index (χ4v) is 2.71. The van der Waals surface area contributed by atoms with Gasteiger partial charge in [0.1, 0.15) is 0 Å². The summed E-state index contributed by atoms with van der Waals surface area (Å²) in [6, 6.07) is 10.6. The topological polar surface area (TPSA) is 62.3 Å². The van der Waals surface area contributed by atoms with Crippen molar-refractivity contribution in [3.05, 3.63) is 53.8 Å². The number of carbonyl (C=O) groups excluding carboxylic acids is 2. The summed E-state index contributed by atoms with van der Waals surface area (Å²) in [5, 5.41) is 3.28. The van der Waals surface area contributed by atoms with E-state index in [9.17, 15) is 9.59 Å². The van der Waals surface area contributed by atoms with Gasteiger partial charge in [-0.2, -0.15) is 0 Å². The van der Waals surface area contributed by atoms with Crippen LogP contribution >= 0.6 is 11.6 Å². The third-order valence-corrected chi connectivity index (χ3v) is 3.89. The van der Waals surface area contributed by atoms with Crippen LogP contribution in [0.5, 0.6) is 0 Å². The molecule has 2 aromatic rings. The van der Waals surface area contributed by atoms with Crippen LogP contribution in [0.3, 0.4) is 0 Å². The highest BCUT2D eigenvalue weighted by atomic mass is 35.5. The highest BCUT2D eigenvalue weighted by Gasteiger charge is 2.35. The first-order valence-corrected chi connectivity index (χ1v) is 7.29. The average molecular weight is 316 g/mol. The fraction of sp³-hybridized carbons (Fsp3) is 0.188. The lowest BCUT2D eigenvalue weighted by Crippen LogP contribution is -2.28. The van der Waals surface area contributed by atoms with E-state index >= 15 is 0 Å². The number of carbonyl (C=O) groups is 2. The van der Waals surface area contributed by atoms with Crippen LogP contribution in [0.4, 0.5) is 11.4 Å². The minimum absolute atomic E-state index is 0.0977. The number of halogens is 1. The van der Waals surface area contributed by atoms with E-state index < -0.39 is 5.92 Å². The van der Waals surface area contributed by atoms with Crippen molar-refractivity contribution < 1.29 is 9.59 Å². The molecular weight excluding hydrogens is 302 g/mol. The summed E-state index contributed by atoms with van der Waals surface area (Å²) in [7, 11) is 0. The van der Waals surface area contributed by atoms with Crippen LogP contribution in [0.15, 0.2) is 48.8 Å². The van der Waals surface area contributed by atoms with Crippen LogP contribution in [0, 0.1) is 5.92 Å². The Labute approximate surface area is 132 Å². The third-order valence-electron chi connectivity index (χ3n) is 3.57. The molecule has 6 heteroatoms. The molecule has 0 aliphatic carbocycles. The van der Waals surface area contributed by atoms with Gasteiger partial charge in [-0.05, 0) is 24.3 Å². The molecule has 0 radical (unpaired) electrons. The van der Waals surface area contributed by atoms with Crippen LogP contribution in [-0.2, 0) is 9.59 Å². The highest BCUT2D eigenvalue weighted by Crippen LogP contribution is 2.31. The number of rotatable bonds is 3. The van der Waals surface area contributed by atoms with Crippen molar-refractivity contribution in [2.24, 2.45) is 5.92 Å². The van der Waals surface area contributed by atoms with Gasteiger partial charge in [-0.15, -0.1) is 0 Å². The summed E-state index contributed by atoms with van der Waals surface area (Å²) in [5.74, 6) is -0.681. The van der Waals surface area contributed by atoms with Crippen molar-refractivity contribution in [2.45, 2.75) is 6.42 Å². The lowest BCUT2D eigenvalue weighted by Gasteiger charge is -2.18. The van der Waals surface area contributed by atoms with Gasteiger partial charge in [0.2, 0.25) is 11.8 Å². The first-order chi connectivity index (χ1) is 10.6. The molecule has 5 nitrogen and oxygen atoms in total. The van der Waals surface area contributed by atoms with Crippen molar-refractivity contribution in [3.8, 4) is 0 Å². The number of nitrogens with one attached hydrogen (secondary N) is 1. The smallest absolute Gasteiger partial charge is 0.229 e. The number of hydrogen-bond acceptors (Lipinski definition) is 3. The normalized spacial score (nSPS) is 17.6. The van der Waals surface area contributed by atoms with Crippen LogP contribution < -0.4 is 10.2 Å². The Morgan fingerprint density at radius 3 is 2.82 bits per heavy atom. The predicted octanol–water partition coefficient (Wildman–Crippen LogP) is 2.73. The quantitative estimate of drug-likeness (QED) is 0.947. The monoisotopic (exact) mass is 315 g/mol. The Hall–Kier alpha value is -2.40. The maximum atomic E-state index is 12.3. The Morgan fingerprint density at radius 2 is 2.09 bits per heavy atom. The number of nitrogens with zero attached hydrogens (tertiary/aromatic N) is 2. The van der Waals surface area contributed by atoms with Gasteiger partial charge in [0.05, 0.1) is 28.5 Å². The second-order valence-electron chi connectivity index (χ2n) is 5.09. The standard InChI is InChI=1S/C16H14ClN3O2/c17-13-5-1-2-6-14(13)20-10-11(8-15(20)21)16(22)19-12-4-3-7-18-9-12/h1-7,9,11H,8,10H2,(H,19,22). The number of anilines is 2.